The Hall–Kier alpha value is -2.36. The van der Waals surface area contributed by atoms with Crippen molar-refractivity contribution in [3.63, 3.8) is 0 Å². The minimum Gasteiger partial charge on any atom is -0.507 e. The first-order chi connectivity index (χ1) is 12.9. The second kappa shape index (κ2) is 8.34. The molecule has 1 aromatic carbocycles. The highest BCUT2D eigenvalue weighted by atomic mass is 16.3. The third kappa shape index (κ3) is 5.57. The van der Waals surface area contributed by atoms with Gasteiger partial charge in [-0.2, -0.15) is 0 Å². The average molecular weight is 383 g/mol. The van der Waals surface area contributed by atoms with Crippen LogP contribution in [0.4, 0.5) is 0 Å². The molecule has 0 radical (unpaired) electrons. The number of phenols is 1. The normalized spacial score (nSPS) is 12.1. The van der Waals surface area contributed by atoms with E-state index in [0.717, 1.165) is 27.9 Å². The standard InChI is InChI=1S/C24H34N2O2/c1-16-9-8-12-25-20(16)15-26-21(27)11-10-17-13-18(23(2,3)4)22(28)19(14-17)24(5,6)7/h8-9,12-14,28H,10-11,15H2,1-7H3,(H,26,27). The summed E-state index contributed by atoms with van der Waals surface area (Å²) in [6.07, 6.45) is 2.79. The second-order valence-electron chi connectivity index (χ2n) is 9.58. The molecule has 152 valence electrons. The maximum Gasteiger partial charge on any atom is 0.220 e. The van der Waals surface area contributed by atoms with Crippen LogP contribution < -0.4 is 5.32 Å². The van der Waals surface area contributed by atoms with E-state index < -0.39 is 0 Å². The highest BCUT2D eigenvalue weighted by Gasteiger charge is 2.26. The number of carbonyl (C=O) groups is 1. The van der Waals surface area contributed by atoms with Crippen LogP contribution in [0.25, 0.3) is 0 Å². The molecule has 0 bridgehead atoms. The number of nitrogens with one attached hydrogen (secondary N) is 1. The van der Waals surface area contributed by atoms with Crippen molar-refractivity contribution in [2.45, 2.75) is 78.7 Å². The monoisotopic (exact) mass is 382 g/mol. The molecule has 1 amide bonds. The minimum atomic E-state index is -0.168. The SMILES string of the molecule is Cc1cccnc1CNC(=O)CCc1cc(C(C)(C)C)c(O)c(C(C)(C)C)c1. The van der Waals surface area contributed by atoms with Gasteiger partial charge in [0.1, 0.15) is 5.75 Å². The van der Waals surface area contributed by atoms with Crippen LogP contribution >= 0.6 is 0 Å². The summed E-state index contributed by atoms with van der Waals surface area (Å²) < 4.78 is 0. The van der Waals surface area contributed by atoms with E-state index in [9.17, 15) is 9.90 Å². The number of phenolic OH excluding ortho intramolecular Hbond substituents is 1. The molecule has 2 rings (SSSR count). The van der Waals surface area contributed by atoms with E-state index in [1.165, 1.54) is 0 Å². The number of amides is 1. The number of hydrogen-bond acceptors (Lipinski definition) is 3. The predicted molar refractivity (Wildman–Crippen MR) is 115 cm³/mol. The van der Waals surface area contributed by atoms with E-state index >= 15 is 0 Å². The lowest BCUT2D eigenvalue weighted by Gasteiger charge is -2.28. The van der Waals surface area contributed by atoms with E-state index in [2.05, 4.69) is 51.8 Å². The Balaban J connectivity index is 2.13. The third-order valence-electron chi connectivity index (χ3n) is 5.00. The van der Waals surface area contributed by atoms with Crippen molar-refractivity contribution in [2.75, 3.05) is 0 Å². The van der Waals surface area contributed by atoms with E-state index in [0.29, 0.717) is 25.1 Å². The van der Waals surface area contributed by atoms with Gasteiger partial charge in [-0.3, -0.25) is 9.78 Å². The fraction of sp³-hybridized carbons (Fsp3) is 0.500. The molecule has 4 heteroatoms. The number of rotatable bonds is 5. The number of hydrogen-bond donors (Lipinski definition) is 2. The lowest BCUT2D eigenvalue weighted by atomic mass is 9.78. The van der Waals surface area contributed by atoms with Gasteiger partial charge in [-0.25, -0.2) is 0 Å². The first-order valence-corrected chi connectivity index (χ1v) is 9.93. The number of benzene rings is 1. The van der Waals surface area contributed by atoms with Gasteiger partial charge in [-0.15, -0.1) is 0 Å². The summed E-state index contributed by atoms with van der Waals surface area (Å²) >= 11 is 0. The van der Waals surface area contributed by atoms with Gasteiger partial charge < -0.3 is 10.4 Å². The van der Waals surface area contributed by atoms with E-state index in [1.54, 1.807) is 6.20 Å². The Kier molecular flexibility index (Phi) is 6.53. The molecule has 0 saturated carbocycles. The third-order valence-corrected chi connectivity index (χ3v) is 5.00. The number of nitrogens with zero attached hydrogens (tertiary/aromatic N) is 1. The highest BCUT2D eigenvalue weighted by molar-refractivity contribution is 5.76. The zero-order valence-electron chi connectivity index (χ0n) is 18.3. The molecule has 0 saturated heterocycles. The Morgan fingerprint density at radius 3 is 2.14 bits per heavy atom. The zero-order chi connectivity index (χ0) is 21.1. The molecule has 1 heterocycles. The number of aromatic nitrogens is 1. The summed E-state index contributed by atoms with van der Waals surface area (Å²) in [5, 5.41) is 13.8. The van der Waals surface area contributed by atoms with E-state index in [1.807, 2.05) is 31.2 Å². The average Bonchev–Trinajstić information content (AvgIpc) is 2.58. The van der Waals surface area contributed by atoms with Crippen molar-refractivity contribution in [3.8, 4) is 5.75 Å². The molecule has 0 unspecified atom stereocenters. The molecule has 2 N–H and O–H groups in total. The van der Waals surface area contributed by atoms with Crippen LogP contribution in [0.2, 0.25) is 0 Å². The molecular weight excluding hydrogens is 348 g/mol. The molecule has 0 fully saturated rings. The lowest BCUT2D eigenvalue weighted by Crippen LogP contribution is -2.24. The molecule has 0 aliphatic carbocycles. The van der Waals surface area contributed by atoms with Crippen molar-refractivity contribution in [1.82, 2.24) is 10.3 Å². The Labute approximate surface area is 169 Å². The molecule has 28 heavy (non-hydrogen) atoms. The number of aryl methyl sites for hydroxylation is 2. The maximum atomic E-state index is 12.3. The van der Waals surface area contributed by atoms with Crippen molar-refractivity contribution < 1.29 is 9.90 Å². The van der Waals surface area contributed by atoms with Crippen LogP contribution in [0.5, 0.6) is 5.75 Å². The summed E-state index contributed by atoms with van der Waals surface area (Å²) in [6, 6.07) is 7.97. The van der Waals surface area contributed by atoms with Crippen molar-refractivity contribution in [1.29, 1.82) is 0 Å². The molecule has 0 spiro atoms. The van der Waals surface area contributed by atoms with Gasteiger partial charge in [0, 0.05) is 12.6 Å². The summed E-state index contributed by atoms with van der Waals surface area (Å²) in [5.74, 6) is 0.381. The minimum absolute atomic E-state index is 0.00717. The fourth-order valence-electron chi connectivity index (χ4n) is 3.21. The molecule has 4 nitrogen and oxygen atoms in total. The van der Waals surface area contributed by atoms with Gasteiger partial charge in [-0.1, -0.05) is 59.7 Å². The smallest absolute Gasteiger partial charge is 0.220 e. The van der Waals surface area contributed by atoms with Crippen molar-refractivity contribution in [2.24, 2.45) is 0 Å². The van der Waals surface area contributed by atoms with Crippen LogP contribution in [0, 0.1) is 6.92 Å². The lowest BCUT2D eigenvalue weighted by molar-refractivity contribution is -0.121. The molecular formula is C24H34N2O2. The topological polar surface area (TPSA) is 62.2 Å². The van der Waals surface area contributed by atoms with Gasteiger partial charge in [0.15, 0.2) is 0 Å². The molecule has 0 atom stereocenters. The van der Waals surface area contributed by atoms with Gasteiger partial charge in [0.25, 0.3) is 0 Å². The molecule has 1 aromatic heterocycles. The van der Waals surface area contributed by atoms with Gasteiger partial charge in [0.2, 0.25) is 5.91 Å². The molecule has 0 aliphatic heterocycles. The summed E-state index contributed by atoms with van der Waals surface area (Å²) in [6.45, 7) is 15.0. The summed E-state index contributed by atoms with van der Waals surface area (Å²) in [5.41, 5.74) is 4.57. The van der Waals surface area contributed by atoms with Gasteiger partial charge in [-0.05, 0) is 52.5 Å². The van der Waals surface area contributed by atoms with Crippen LogP contribution in [-0.2, 0) is 28.6 Å². The van der Waals surface area contributed by atoms with Crippen LogP contribution in [0.3, 0.4) is 0 Å². The number of pyridine rings is 1. The fourth-order valence-corrected chi connectivity index (χ4v) is 3.21. The summed E-state index contributed by atoms with van der Waals surface area (Å²) in [4.78, 5) is 16.7. The highest BCUT2D eigenvalue weighted by Crippen LogP contribution is 2.39. The van der Waals surface area contributed by atoms with Crippen LogP contribution in [0.1, 0.15) is 75.9 Å². The Morgan fingerprint density at radius 2 is 1.64 bits per heavy atom. The zero-order valence-corrected chi connectivity index (χ0v) is 18.3. The van der Waals surface area contributed by atoms with Crippen LogP contribution in [-0.4, -0.2) is 16.0 Å². The van der Waals surface area contributed by atoms with Crippen molar-refractivity contribution in [3.05, 3.63) is 58.4 Å². The molecule has 0 aliphatic rings. The second-order valence-corrected chi connectivity index (χ2v) is 9.58. The van der Waals surface area contributed by atoms with E-state index in [4.69, 9.17) is 0 Å². The first kappa shape index (κ1) is 21.9. The number of carbonyl (C=O) groups excluding carboxylic acids is 1. The summed E-state index contributed by atoms with van der Waals surface area (Å²) in [7, 11) is 0. The largest absolute Gasteiger partial charge is 0.507 e. The van der Waals surface area contributed by atoms with Crippen molar-refractivity contribution >= 4 is 5.91 Å². The first-order valence-electron chi connectivity index (χ1n) is 9.93. The Morgan fingerprint density at radius 1 is 1.07 bits per heavy atom. The van der Waals surface area contributed by atoms with E-state index in [-0.39, 0.29) is 16.7 Å². The maximum absolute atomic E-state index is 12.3. The van der Waals surface area contributed by atoms with Crippen LogP contribution in [0.15, 0.2) is 30.5 Å². The predicted octanol–water partition coefficient (Wildman–Crippen LogP) is 4.94. The van der Waals surface area contributed by atoms with Gasteiger partial charge >= 0.3 is 0 Å². The quantitative estimate of drug-likeness (QED) is 0.770. The van der Waals surface area contributed by atoms with Gasteiger partial charge in [0.05, 0.1) is 12.2 Å². The molecule has 2 aromatic rings. The Bertz CT molecular complexity index is 807. The number of aromatic hydroxyl groups is 1.